The van der Waals surface area contributed by atoms with E-state index in [1.807, 2.05) is 0 Å². The fourth-order valence-electron chi connectivity index (χ4n) is 5.73. The molecule has 0 spiro atoms. The van der Waals surface area contributed by atoms with Gasteiger partial charge in [-0.2, -0.15) is 0 Å². The number of para-hydroxylation sites is 1. The molecule has 1 N–H and O–H groups in total. The lowest BCUT2D eigenvalue weighted by Crippen LogP contribution is -2.51. The monoisotopic (exact) mass is 268 g/mol. The summed E-state index contributed by atoms with van der Waals surface area (Å²) in [5.74, 6) is 2.74. The Morgan fingerprint density at radius 3 is 2.95 bits per heavy atom. The summed E-state index contributed by atoms with van der Waals surface area (Å²) in [5.41, 5.74) is 3.01. The van der Waals surface area contributed by atoms with Crippen molar-refractivity contribution in [3.05, 3.63) is 29.8 Å². The van der Waals surface area contributed by atoms with Gasteiger partial charge in [0.1, 0.15) is 0 Å². The highest BCUT2D eigenvalue weighted by atomic mass is 15.2. The number of hydrogen-bond acceptors (Lipinski definition) is 2. The van der Waals surface area contributed by atoms with E-state index < -0.39 is 0 Å². The van der Waals surface area contributed by atoms with Gasteiger partial charge in [-0.05, 0) is 49.3 Å². The Kier molecular flexibility index (Phi) is 2.46. The second-order valence-corrected chi connectivity index (χ2v) is 7.35. The van der Waals surface area contributed by atoms with Crippen molar-refractivity contribution in [2.24, 2.45) is 11.8 Å². The number of nitrogens with zero attached hydrogens (tertiary/aromatic N) is 1. The van der Waals surface area contributed by atoms with E-state index in [0.29, 0.717) is 6.04 Å². The van der Waals surface area contributed by atoms with E-state index in [4.69, 9.17) is 0 Å². The third kappa shape index (κ3) is 1.49. The summed E-state index contributed by atoms with van der Waals surface area (Å²) in [6.07, 6.45) is 7.26. The third-order valence-electron chi connectivity index (χ3n) is 6.51. The van der Waals surface area contributed by atoms with Gasteiger partial charge in [-0.25, -0.2) is 0 Å². The van der Waals surface area contributed by atoms with E-state index >= 15 is 0 Å². The van der Waals surface area contributed by atoms with E-state index in [9.17, 15) is 0 Å². The largest absolute Gasteiger partial charge is 0.380 e. The Morgan fingerprint density at radius 1 is 1.05 bits per heavy atom. The van der Waals surface area contributed by atoms with E-state index in [0.717, 1.165) is 23.8 Å². The van der Waals surface area contributed by atoms with Gasteiger partial charge < -0.3 is 5.32 Å². The first-order valence-electron chi connectivity index (χ1n) is 8.51. The Labute approximate surface area is 121 Å². The second kappa shape index (κ2) is 4.24. The first-order valence-corrected chi connectivity index (χ1v) is 8.51. The molecule has 2 saturated heterocycles. The molecule has 0 bridgehead atoms. The molecule has 3 fully saturated rings. The molecule has 3 heterocycles. The summed E-state index contributed by atoms with van der Waals surface area (Å²) in [4.78, 5) is 2.83. The summed E-state index contributed by atoms with van der Waals surface area (Å²) in [5, 5.41) is 3.90. The standard InChI is InChI=1S/C18H24N2/c1-2-6-13-12(5-1)11-20-10-9-15-14-7-3-4-8-16(14)19-17(15)18(13)20/h3-4,7-8,12-13,15,17-19H,1-2,5-6,9-11H2/t12-,13-,15+,17+,18+/m0/s1. The predicted molar refractivity (Wildman–Crippen MR) is 82.0 cm³/mol. The van der Waals surface area contributed by atoms with Crippen molar-refractivity contribution in [3.8, 4) is 0 Å². The molecule has 20 heavy (non-hydrogen) atoms. The fraction of sp³-hybridized carbons (Fsp3) is 0.667. The average Bonchev–Trinajstić information content (AvgIpc) is 3.04. The molecule has 5 atom stereocenters. The van der Waals surface area contributed by atoms with Crippen molar-refractivity contribution in [1.82, 2.24) is 4.90 Å². The maximum atomic E-state index is 3.90. The number of nitrogens with one attached hydrogen (secondary N) is 1. The molecule has 5 rings (SSSR count). The summed E-state index contributed by atoms with van der Waals surface area (Å²) < 4.78 is 0. The minimum Gasteiger partial charge on any atom is -0.380 e. The summed E-state index contributed by atoms with van der Waals surface area (Å²) in [7, 11) is 0. The van der Waals surface area contributed by atoms with Crippen LogP contribution in [0.1, 0.15) is 43.6 Å². The molecule has 2 nitrogen and oxygen atoms in total. The lowest BCUT2D eigenvalue weighted by atomic mass is 9.73. The van der Waals surface area contributed by atoms with Crippen molar-refractivity contribution in [2.75, 3.05) is 18.4 Å². The molecule has 1 aliphatic carbocycles. The zero-order chi connectivity index (χ0) is 13.1. The van der Waals surface area contributed by atoms with Crippen molar-refractivity contribution in [3.63, 3.8) is 0 Å². The number of piperidine rings is 1. The first kappa shape index (κ1) is 11.6. The molecule has 4 aliphatic rings. The van der Waals surface area contributed by atoms with Gasteiger partial charge in [-0.15, -0.1) is 0 Å². The van der Waals surface area contributed by atoms with Gasteiger partial charge in [0.15, 0.2) is 0 Å². The summed E-state index contributed by atoms with van der Waals surface area (Å²) in [6, 6.07) is 10.5. The quantitative estimate of drug-likeness (QED) is 0.775. The van der Waals surface area contributed by atoms with Crippen LogP contribution < -0.4 is 5.32 Å². The number of benzene rings is 1. The van der Waals surface area contributed by atoms with E-state index in [1.165, 1.54) is 50.9 Å². The van der Waals surface area contributed by atoms with Crippen LogP contribution in [0.4, 0.5) is 5.69 Å². The van der Waals surface area contributed by atoms with Crippen LogP contribution in [-0.2, 0) is 0 Å². The normalized spacial score (nSPS) is 42.3. The molecule has 3 aliphatic heterocycles. The molecule has 106 valence electrons. The molecular weight excluding hydrogens is 244 g/mol. The van der Waals surface area contributed by atoms with Crippen molar-refractivity contribution in [1.29, 1.82) is 0 Å². The molecule has 0 radical (unpaired) electrons. The second-order valence-electron chi connectivity index (χ2n) is 7.35. The average molecular weight is 268 g/mol. The zero-order valence-electron chi connectivity index (χ0n) is 12.1. The van der Waals surface area contributed by atoms with Crippen LogP contribution in [0.2, 0.25) is 0 Å². The molecule has 1 saturated carbocycles. The Balaban J connectivity index is 1.51. The maximum Gasteiger partial charge on any atom is 0.0489 e. The first-order chi connectivity index (χ1) is 9.92. The van der Waals surface area contributed by atoms with Gasteiger partial charge in [0.25, 0.3) is 0 Å². The van der Waals surface area contributed by atoms with Crippen LogP contribution in [0.25, 0.3) is 0 Å². The van der Waals surface area contributed by atoms with Crippen LogP contribution in [0, 0.1) is 11.8 Å². The minimum absolute atomic E-state index is 0.689. The van der Waals surface area contributed by atoms with Gasteiger partial charge in [-0.3, -0.25) is 4.90 Å². The number of rotatable bonds is 0. The number of fused-ring (bicyclic) bond motifs is 7. The molecule has 0 amide bonds. The minimum atomic E-state index is 0.689. The van der Waals surface area contributed by atoms with Crippen molar-refractivity contribution in [2.45, 2.75) is 50.1 Å². The Hall–Kier alpha value is -1.02. The van der Waals surface area contributed by atoms with Gasteiger partial charge in [0.05, 0.1) is 0 Å². The molecule has 1 aromatic rings. The highest BCUT2D eigenvalue weighted by Gasteiger charge is 2.52. The van der Waals surface area contributed by atoms with E-state index in [1.54, 1.807) is 5.56 Å². The zero-order valence-corrected chi connectivity index (χ0v) is 12.1. The highest BCUT2D eigenvalue weighted by molar-refractivity contribution is 5.60. The van der Waals surface area contributed by atoms with Crippen LogP contribution in [0.5, 0.6) is 0 Å². The third-order valence-corrected chi connectivity index (χ3v) is 6.51. The van der Waals surface area contributed by atoms with Gasteiger partial charge >= 0.3 is 0 Å². The van der Waals surface area contributed by atoms with Gasteiger partial charge in [0.2, 0.25) is 0 Å². The smallest absolute Gasteiger partial charge is 0.0489 e. The van der Waals surface area contributed by atoms with Crippen LogP contribution in [0.15, 0.2) is 24.3 Å². The SMILES string of the molecule is c1ccc2c(c1)N[C@H]1[C@H]3[C@H]4CCCC[C@H]4CN3CC[C@H]21. The van der Waals surface area contributed by atoms with Crippen molar-refractivity contribution < 1.29 is 0 Å². The molecular formula is C18H24N2. The fourth-order valence-corrected chi connectivity index (χ4v) is 5.73. The number of hydrogen-bond donors (Lipinski definition) is 1. The Morgan fingerprint density at radius 2 is 1.95 bits per heavy atom. The molecule has 0 unspecified atom stereocenters. The highest BCUT2D eigenvalue weighted by Crippen LogP contribution is 2.50. The predicted octanol–water partition coefficient (Wildman–Crippen LogP) is 3.46. The lowest BCUT2D eigenvalue weighted by molar-refractivity contribution is 0.138. The topological polar surface area (TPSA) is 15.3 Å². The molecule has 0 aromatic heterocycles. The number of anilines is 1. The molecule has 2 heteroatoms. The van der Waals surface area contributed by atoms with Crippen LogP contribution in [0.3, 0.4) is 0 Å². The maximum absolute atomic E-state index is 3.90. The van der Waals surface area contributed by atoms with Gasteiger partial charge in [0, 0.05) is 30.2 Å². The summed E-state index contributed by atoms with van der Waals surface area (Å²) in [6.45, 7) is 2.71. The van der Waals surface area contributed by atoms with Crippen LogP contribution in [-0.4, -0.2) is 30.1 Å². The van der Waals surface area contributed by atoms with E-state index in [-0.39, 0.29) is 0 Å². The van der Waals surface area contributed by atoms with E-state index in [2.05, 4.69) is 34.5 Å². The van der Waals surface area contributed by atoms with Gasteiger partial charge in [-0.1, -0.05) is 31.0 Å². The van der Waals surface area contributed by atoms with Crippen LogP contribution >= 0.6 is 0 Å². The molecule has 1 aromatic carbocycles. The summed E-state index contributed by atoms with van der Waals surface area (Å²) >= 11 is 0. The van der Waals surface area contributed by atoms with Crippen molar-refractivity contribution >= 4 is 5.69 Å². The lowest BCUT2D eigenvalue weighted by Gasteiger charge is -2.42. The Bertz CT molecular complexity index is 526.